The highest BCUT2D eigenvalue weighted by molar-refractivity contribution is 9.10. The average molecular weight is 366 g/mol. The van der Waals surface area contributed by atoms with Crippen molar-refractivity contribution in [2.45, 2.75) is 11.5 Å². The van der Waals surface area contributed by atoms with Gasteiger partial charge in [0.1, 0.15) is 17.3 Å². The van der Waals surface area contributed by atoms with Crippen LogP contribution in [0.25, 0.3) is 0 Å². The summed E-state index contributed by atoms with van der Waals surface area (Å²) in [4.78, 5) is -0.0626. The van der Waals surface area contributed by atoms with Gasteiger partial charge < -0.3 is 4.74 Å². The molecule has 1 aromatic carbocycles. The highest BCUT2D eigenvalue weighted by Crippen LogP contribution is 2.30. The molecule has 0 saturated heterocycles. The topological polar surface area (TPSA) is 61.2 Å². The van der Waals surface area contributed by atoms with Crippen LogP contribution in [0.3, 0.4) is 0 Å². The Hall–Kier alpha value is -1.05. The predicted molar refractivity (Wildman–Crippen MR) is 74.7 cm³/mol. The molecule has 0 atom stereocenters. The molecule has 2 rings (SSSR count). The molecule has 0 radical (unpaired) electrons. The summed E-state index contributed by atoms with van der Waals surface area (Å²) in [6.07, 6.45) is 3.43. The van der Waals surface area contributed by atoms with Crippen LogP contribution in [-0.2, 0) is 22.7 Å². The summed E-state index contributed by atoms with van der Waals surface area (Å²) in [5, 5.41) is 4.00. The molecule has 0 aliphatic heterocycles. The fourth-order valence-electron chi connectivity index (χ4n) is 1.50. The van der Waals surface area contributed by atoms with Crippen molar-refractivity contribution >= 4 is 35.7 Å². The minimum Gasteiger partial charge on any atom is -0.487 e. The normalized spacial score (nSPS) is 11.5. The third-order valence-electron chi connectivity index (χ3n) is 2.32. The Balaban J connectivity index is 2.25. The average Bonchev–Trinajstić information content (AvgIpc) is 2.72. The highest BCUT2D eigenvalue weighted by atomic mass is 79.9. The van der Waals surface area contributed by atoms with Gasteiger partial charge in [-0.2, -0.15) is 5.10 Å². The van der Waals surface area contributed by atoms with Crippen LogP contribution in [0, 0.1) is 0 Å². The van der Waals surface area contributed by atoms with E-state index in [1.165, 1.54) is 6.07 Å². The van der Waals surface area contributed by atoms with E-state index in [1.54, 1.807) is 36.3 Å². The molecule has 102 valence electrons. The Morgan fingerprint density at radius 3 is 2.79 bits per heavy atom. The lowest BCUT2D eigenvalue weighted by Crippen LogP contribution is -2.00. The van der Waals surface area contributed by atoms with E-state index in [0.717, 1.165) is 5.56 Å². The third-order valence-corrected chi connectivity index (χ3v) is 4.16. The Kier molecular flexibility index (Phi) is 4.17. The number of rotatable bonds is 4. The molecule has 8 heteroatoms. The molecule has 19 heavy (non-hydrogen) atoms. The van der Waals surface area contributed by atoms with E-state index in [0.29, 0.717) is 4.47 Å². The molecule has 0 amide bonds. The summed E-state index contributed by atoms with van der Waals surface area (Å²) in [5.74, 6) is 0.210. The molecule has 2 aromatic rings. The maximum atomic E-state index is 11.5. The van der Waals surface area contributed by atoms with Crippen molar-refractivity contribution in [3.05, 3.63) is 40.6 Å². The van der Waals surface area contributed by atoms with Gasteiger partial charge in [-0.15, -0.1) is 0 Å². The molecule has 0 bridgehead atoms. The monoisotopic (exact) mass is 364 g/mol. The van der Waals surface area contributed by atoms with Gasteiger partial charge in [-0.25, -0.2) is 8.42 Å². The van der Waals surface area contributed by atoms with E-state index >= 15 is 0 Å². The third kappa shape index (κ3) is 3.71. The number of hydrogen-bond donors (Lipinski definition) is 0. The van der Waals surface area contributed by atoms with E-state index < -0.39 is 9.05 Å². The fourth-order valence-corrected chi connectivity index (χ4v) is 3.01. The maximum absolute atomic E-state index is 11.5. The molecule has 1 heterocycles. The first-order valence-corrected chi connectivity index (χ1v) is 8.31. The molecule has 0 unspecified atom stereocenters. The van der Waals surface area contributed by atoms with Crippen LogP contribution in [0.2, 0.25) is 0 Å². The van der Waals surface area contributed by atoms with E-state index in [1.807, 2.05) is 0 Å². The standard InChI is InChI=1S/C11H10BrClN2O3S/c1-15-6-8(5-14-15)7-18-10-3-2-9(12)4-11(10)19(13,16)17/h2-6H,7H2,1H3. The fraction of sp³-hybridized carbons (Fsp3) is 0.182. The van der Waals surface area contributed by atoms with E-state index in [4.69, 9.17) is 15.4 Å². The zero-order chi connectivity index (χ0) is 14.0. The Bertz CT molecular complexity index is 700. The van der Waals surface area contributed by atoms with Crippen molar-refractivity contribution in [2.75, 3.05) is 0 Å². The Labute approximate surface area is 123 Å². The number of hydrogen-bond acceptors (Lipinski definition) is 4. The van der Waals surface area contributed by atoms with Crippen LogP contribution in [0.5, 0.6) is 5.75 Å². The second kappa shape index (κ2) is 5.52. The largest absolute Gasteiger partial charge is 0.487 e. The summed E-state index contributed by atoms with van der Waals surface area (Å²) in [5.41, 5.74) is 0.836. The first-order valence-electron chi connectivity index (χ1n) is 5.21. The first kappa shape index (κ1) is 14.4. The second-order valence-electron chi connectivity index (χ2n) is 3.84. The van der Waals surface area contributed by atoms with Gasteiger partial charge in [-0.1, -0.05) is 15.9 Å². The minimum atomic E-state index is -3.86. The maximum Gasteiger partial charge on any atom is 0.265 e. The van der Waals surface area contributed by atoms with Crippen LogP contribution in [-0.4, -0.2) is 18.2 Å². The molecular formula is C11H10BrClN2O3S. The van der Waals surface area contributed by atoms with Crippen molar-refractivity contribution in [2.24, 2.45) is 7.05 Å². The molecule has 5 nitrogen and oxygen atoms in total. The van der Waals surface area contributed by atoms with Crippen LogP contribution in [0.1, 0.15) is 5.56 Å². The van der Waals surface area contributed by atoms with Crippen LogP contribution >= 0.6 is 26.6 Å². The highest BCUT2D eigenvalue weighted by Gasteiger charge is 2.17. The predicted octanol–water partition coefficient (Wildman–Crippen LogP) is 2.69. The van der Waals surface area contributed by atoms with Gasteiger partial charge in [-0.3, -0.25) is 4.68 Å². The lowest BCUT2D eigenvalue weighted by atomic mass is 10.3. The lowest BCUT2D eigenvalue weighted by molar-refractivity contribution is 0.298. The first-order chi connectivity index (χ1) is 8.86. The van der Waals surface area contributed by atoms with E-state index in [9.17, 15) is 8.42 Å². The lowest BCUT2D eigenvalue weighted by Gasteiger charge is -2.09. The molecule has 0 saturated carbocycles. The summed E-state index contributed by atoms with van der Waals surface area (Å²) in [6, 6.07) is 4.64. The minimum absolute atomic E-state index is 0.0626. The smallest absolute Gasteiger partial charge is 0.265 e. The van der Waals surface area contributed by atoms with Crippen LogP contribution in [0.4, 0.5) is 0 Å². The van der Waals surface area contributed by atoms with Crippen molar-refractivity contribution in [1.82, 2.24) is 9.78 Å². The number of halogens is 2. The molecule has 0 aliphatic carbocycles. The number of nitrogens with zero attached hydrogens (tertiary/aromatic N) is 2. The number of aryl methyl sites for hydroxylation is 1. The van der Waals surface area contributed by atoms with E-state index in [-0.39, 0.29) is 17.3 Å². The number of ether oxygens (including phenoxy) is 1. The van der Waals surface area contributed by atoms with Gasteiger partial charge in [0.05, 0.1) is 6.20 Å². The van der Waals surface area contributed by atoms with Gasteiger partial charge in [0.2, 0.25) is 0 Å². The Morgan fingerprint density at radius 1 is 1.47 bits per heavy atom. The van der Waals surface area contributed by atoms with Crippen molar-refractivity contribution in [3.63, 3.8) is 0 Å². The zero-order valence-corrected chi connectivity index (χ0v) is 13.0. The molecule has 0 aliphatic rings. The van der Waals surface area contributed by atoms with Gasteiger partial charge in [0, 0.05) is 34.0 Å². The van der Waals surface area contributed by atoms with Gasteiger partial charge in [-0.05, 0) is 18.2 Å². The summed E-state index contributed by atoms with van der Waals surface area (Å²) in [6.45, 7) is 0.217. The molecule has 0 spiro atoms. The van der Waals surface area contributed by atoms with E-state index in [2.05, 4.69) is 21.0 Å². The van der Waals surface area contributed by atoms with Gasteiger partial charge in [0.25, 0.3) is 9.05 Å². The molecule has 0 fully saturated rings. The SMILES string of the molecule is Cn1cc(COc2ccc(Br)cc2S(=O)(=O)Cl)cn1. The Morgan fingerprint density at radius 2 is 2.21 bits per heavy atom. The van der Waals surface area contributed by atoms with Crippen LogP contribution in [0.15, 0.2) is 40.0 Å². The molecule has 0 N–H and O–H groups in total. The summed E-state index contributed by atoms with van der Waals surface area (Å²) < 4.78 is 30.7. The van der Waals surface area contributed by atoms with Crippen LogP contribution < -0.4 is 4.74 Å². The zero-order valence-electron chi connectivity index (χ0n) is 9.88. The summed E-state index contributed by atoms with van der Waals surface area (Å²) >= 11 is 3.20. The number of aromatic nitrogens is 2. The quantitative estimate of drug-likeness (QED) is 0.782. The number of benzene rings is 1. The van der Waals surface area contributed by atoms with Crippen molar-refractivity contribution < 1.29 is 13.2 Å². The molecule has 1 aromatic heterocycles. The summed E-state index contributed by atoms with van der Waals surface area (Å²) in [7, 11) is 3.31. The van der Waals surface area contributed by atoms with Gasteiger partial charge >= 0.3 is 0 Å². The van der Waals surface area contributed by atoms with Crippen molar-refractivity contribution in [3.8, 4) is 5.75 Å². The molecular weight excluding hydrogens is 356 g/mol. The van der Waals surface area contributed by atoms with Gasteiger partial charge in [0.15, 0.2) is 0 Å². The van der Waals surface area contributed by atoms with Crippen molar-refractivity contribution in [1.29, 1.82) is 0 Å². The second-order valence-corrected chi connectivity index (χ2v) is 7.29.